The number of hydrogen-bond donors (Lipinski definition) is 1. The smallest absolute Gasteiger partial charge is 0.236 e. The second-order valence-corrected chi connectivity index (χ2v) is 7.62. The molecular formula is C18H34N4O3. The quantitative estimate of drug-likeness (QED) is 0.705. The number of rotatable bonds is 7. The van der Waals surface area contributed by atoms with Gasteiger partial charge in [0.25, 0.3) is 0 Å². The second kappa shape index (κ2) is 9.50. The Morgan fingerprint density at radius 2 is 1.68 bits per heavy atom. The van der Waals surface area contributed by atoms with Crippen LogP contribution in [0.25, 0.3) is 0 Å². The summed E-state index contributed by atoms with van der Waals surface area (Å²) < 4.78 is 5.50. The summed E-state index contributed by atoms with van der Waals surface area (Å²) in [5.41, 5.74) is 0.0791. The Balaban J connectivity index is 1.85. The fourth-order valence-corrected chi connectivity index (χ4v) is 3.84. The maximum absolute atomic E-state index is 12.4. The van der Waals surface area contributed by atoms with Gasteiger partial charge in [0.2, 0.25) is 11.8 Å². The monoisotopic (exact) mass is 354 g/mol. The summed E-state index contributed by atoms with van der Waals surface area (Å²) in [5, 5.41) is 3.14. The average Bonchev–Trinajstić information content (AvgIpc) is 2.61. The van der Waals surface area contributed by atoms with E-state index in [0.717, 1.165) is 39.1 Å². The predicted molar refractivity (Wildman–Crippen MR) is 97.4 cm³/mol. The van der Waals surface area contributed by atoms with Gasteiger partial charge >= 0.3 is 0 Å². The molecule has 144 valence electrons. The molecule has 2 aliphatic rings. The van der Waals surface area contributed by atoms with E-state index in [2.05, 4.69) is 10.2 Å². The van der Waals surface area contributed by atoms with Gasteiger partial charge < -0.3 is 15.0 Å². The van der Waals surface area contributed by atoms with Crippen LogP contribution >= 0.6 is 0 Å². The molecule has 1 aliphatic carbocycles. The summed E-state index contributed by atoms with van der Waals surface area (Å²) in [5.74, 6) is -0.000341. The maximum atomic E-state index is 12.4. The van der Waals surface area contributed by atoms with Gasteiger partial charge in [0.05, 0.1) is 26.3 Å². The van der Waals surface area contributed by atoms with E-state index in [9.17, 15) is 9.59 Å². The molecule has 0 aromatic carbocycles. The summed E-state index contributed by atoms with van der Waals surface area (Å²) >= 11 is 0. The normalized spacial score (nSPS) is 21.1. The number of carbonyl (C=O) groups is 2. The van der Waals surface area contributed by atoms with Crippen molar-refractivity contribution in [2.45, 2.75) is 37.6 Å². The van der Waals surface area contributed by atoms with E-state index in [1.54, 1.807) is 30.9 Å². The molecule has 7 nitrogen and oxygen atoms in total. The molecule has 0 spiro atoms. The number of amides is 2. The number of ether oxygens (including phenoxy) is 1. The molecule has 25 heavy (non-hydrogen) atoms. The van der Waals surface area contributed by atoms with Gasteiger partial charge in [-0.3, -0.25) is 19.4 Å². The van der Waals surface area contributed by atoms with Crippen LogP contribution in [-0.4, -0.2) is 99.1 Å². The van der Waals surface area contributed by atoms with Crippen molar-refractivity contribution in [2.75, 3.05) is 67.1 Å². The van der Waals surface area contributed by atoms with Gasteiger partial charge in [-0.1, -0.05) is 19.3 Å². The van der Waals surface area contributed by atoms with E-state index >= 15 is 0 Å². The highest BCUT2D eigenvalue weighted by molar-refractivity contribution is 5.80. The van der Waals surface area contributed by atoms with Gasteiger partial charge in [-0.05, 0) is 19.9 Å². The Kier molecular flexibility index (Phi) is 7.65. The van der Waals surface area contributed by atoms with Crippen molar-refractivity contribution >= 4 is 11.8 Å². The van der Waals surface area contributed by atoms with Crippen LogP contribution in [0.3, 0.4) is 0 Å². The first kappa shape index (κ1) is 20.1. The first-order valence-electron chi connectivity index (χ1n) is 9.41. The molecule has 0 unspecified atom stereocenters. The number of hydrogen-bond acceptors (Lipinski definition) is 5. The first-order valence-corrected chi connectivity index (χ1v) is 9.41. The molecular weight excluding hydrogens is 320 g/mol. The van der Waals surface area contributed by atoms with Crippen molar-refractivity contribution in [1.82, 2.24) is 20.0 Å². The van der Waals surface area contributed by atoms with Gasteiger partial charge in [-0.15, -0.1) is 0 Å². The Morgan fingerprint density at radius 3 is 2.28 bits per heavy atom. The van der Waals surface area contributed by atoms with E-state index < -0.39 is 0 Å². The van der Waals surface area contributed by atoms with Crippen molar-refractivity contribution in [3.8, 4) is 0 Å². The standard InChI is InChI=1S/C18H34N4O3/c1-20(2)17(24)14-21(3)13-16(23)19-15-18(7-5-4-6-8-18)22-9-11-25-12-10-22/h4-15H2,1-3H3,(H,19,23). The maximum Gasteiger partial charge on any atom is 0.236 e. The minimum atomic E-state index is -0.00716. The third-order valence-corrected chi connectivity index (χ3v) is 5.40. The van der Waals surface area contributed by atoms with Crippen LogP contribution in [0.15, 0.2) is 0 Å². The number of nitrogens with one attached hydrogen (secondary N) is 1. The molecule has 2 rings (SSSR count). The van der Waals surface area contributed by atoms with Crippen LogP contribution in [-0.2, 0) is 14.3 Å². The zero-order valence-electron chi connectivity index (χ0n) is 16.1. The summed E-state index contributed by atoms with van der Waals surface area (Å²) in [7, 11) is 5.26. The fourth-order valence-electron chi connectivity index (χ4n) is 3.84. The molecule has 0 atom stereocenters. The van der Waals surface area contributed by atoms with Gasteiger partial charge in [-0.25, -0.2) is 0 Å². The van der Waals surface area contributed by atoms with E-state index in [4.69, 9.17) is 4.74 Å². The molecule has 1 heterocycles. The highest BCUT2D eigenvalue weighted by Gasteiger charge is 2.38. The van der Waals surface area contributed by atoms with Crippen molar-refractivity contribution in [3.63, 3.8) is 0 Å². The number of morpholine rings is 1. The Bertz CT molecular complexity index is 444. The zero-order chi connectivity index (χ0) is 18.3. The van der Waals surface area contributed by atoms with E-state index in [1.807, 2.05) is 0 Å². The molecule has 1 saturated carbocycles. The third kappa shape index (κ3) is 5.94. The second-order valence-electron chi connectivity index (χ2n) is 7.62. The van der Waals surface area contributed by atoms with Crippen molar-refractivity contribution in [1.29, 1.82) is 0 Å². The fraction of sp³-hybridized carbons (Fsp3) is 0.889. The molecule has 1 saturated heterocycles. The topological polar surface area (TPSA) is 65.1 Å². The van der Waals surface area contributed by atoms with E-state index in [0.29, 0.717) is 6.54 Å². The first-order chi connectivity index (χ1) is 11.9. The Hall–Kier alpha value is -1.18. The summed E-state index contributed by atoms with van der Waals surface area (Å²) in [6.07, 6.45) is 6.02. The van der Waals surface area contributed by atoms with Gasteiger partial charge in [-0.2, -0.15) is 0 Å². The highest BCUT2D eigenvalue weighted by atomic mass is 16.5. The lowest BCUT2D eigenvalue weighted by atomic mass is 9.79. The van der Waals surface area contributed by atoms with Gasteiger partial charge in [0.15, 0.2) is 0 Å². The van der Waals surface area contributed by atoms with Gasteiger partial charge in [0, 0.05) is 39.3 Å². The van der Waals surface area contributed by atoms with E-state index in [-0.39, 0.29) is 30.4 Å². The van der Waals surface area contributed by atoms with Crippen molar-refractivity contribution in [3.05, 3.63) is 0 Å². The zero-order valence-corrected chi connectivity index (χ0v) is 16.1. The Morgan fingerprint density at radius 1 is 1.04 bits per heavy atom. The minimum Gasteiger partial charge on any atom is -0.379 e. The van der Waals surface area contributed by atoms with Crippen LogP contribution in [0, 0.1) is 0 Å². The molecule has 0 aromatic rings. The lowest BCUT2D eigenvalue weighted by molar-refractivity contribution is -0.130. The number of nitrogens with zero attached hydrogens (tertiary/aromatic N) is 3. The van der Waals surface area contributed by atoms with Crippen molar-refractivity contribution in [2.24, 2.45) is 0 Å². The molecule has 0 radical (unpaired) electrons. The van der Waals surface area contributed by atoms with Crippen LogP contribution in [0.4, 0.5) is 0 Å². The summed E-state index contributed by atoms with van der Waals surface area (Å²) in [6, 6.07) is 0. The largest absolute Gasteiger partial charge is 0.379 e. The average molecular weight is 354 g/mol. The van der Waals surface area contributed by atoms with Crippen LogP contribution in [0.2, 0.25) is 0 Å². The number of likely N-dealkylation sites (N-methyl/N-ethyl adjacent to an activating group) is 2. The van der Waals surface area contributed by atoms with Crippen LogP contribution in [0.5, 0.6) is 0 Å². The molecule has 0 bridgehead atoms. The summed E-state index contributed by atoms with van der Waals surface area (Å²) in [4.78, 5) is 29.9. The molecule has 2 fully saturated rings. The summed E-state index contributed by atoms with van der Waals surface area (Å²) in [6.45, 7) is 4.67. The minimum absolute atomic E-state index is 0.00682. The predicted octanol–water partition coefficient (Wildman–Crippen LogP) is 0.158. The third-order valence-electron chi connectivity index (χ3n) is 5.40. The lowest BCUT2D eigenvalue weighted by Crippen LogP contribution is -2.60. The van der Waals surface area contributed by atoms with Crippen LogP contribution in [0.1, 0.15) is 32.1 Å². The number of carbonyl (C=O) groups excluding carboxylic acids is 2. The Labute approximate surface area is 151 Å². The highest BCUT2D eigenvalue weighted by Crippen LogP contribution is 2.33. The molecule has 1 aliphatic heterocycles. The molecule has 2 amide bonds. The molecule has 7 heteroatoms. The van der Waals surface area contributed by atoms with Crippen LogP contribution < -0.4 is 5.32 Å². The molecule has 1 N–H and O–H groups in total. The molecule has 0 aromatic heterocycles. The van der Waals surface area contributed by atoms with E-state index in [1.165, 1.54) is 19.3 Å². The van der Waals surface area contributed by atoms with Crippen molar-refractivity contribution < 1.29 is 14.3 Å². The lowest BCUT2D eigenvalue weighted by Gasteiger charge is -2.48. The van der Waals surface area contributed by atoms with Gasteiger partial charge in [0.1, 0.15) is 0 Å². The SMILES string of the molecule is CN(CC(=O)NCC1(N2CCOCC2)CCCCC1)CC(=O)N(C)C.